The van der Waals surface area contributed by atoms with E-state index in [1.54, 1.807) is 12.1 Å². The Hall–Kier alpha value is -0.120. The minimum atomic E-state index is -0.159. The lowest BCUT2D eigenvalue weighted by Crippen LogP contribution is -2.40. The molecule has 1 aliphatic rings. The van der Waals surface area contributed by atoms with Crippen LogP contribution in [0.4, 0.5) is 4.39 Å². The summed E-state index contributed by atoms with van der Waals surface area (Å²) in [4.78, 5) is 2.34. The first-order valence-electron chi connectivity index (χ1n) is 5.94. The highest BCUT2D eigenvalue weighted by Crippen LogP contribution is 2.27. The second kappa shape index (κ2) is 6.17. The molecule has 0 radical (unpaired) electrons. The van der Waals surface area contributed by atoms with Gasteiger partial charge in [0.1, 0.15) is 5.82 Å². The average Bonchev–Trinajstić information content (AvgIpc) is 2.21. The predicted molar refractivity (Wildman–Crippen MR) is 73.3 cm³/mol. The summed E-state index contributed by atoms with van der Waals surface area (Å²) in [7, 11) is 0. The van der Waals surface area contributed by atoms with Crippen molar-refractivity contribution in [2.75, 3.05) is 11.9 Å². The van der Waals surface area contributed by atoms with Crippen LogP contribution < -0.4 is 0 Å². The summed E-state index contributed by atoms with van der Waals surface area (Å²) in [5, 5.41) is 1.53. The molecule has 17 heavy (non-hydrogen) atoms. The molecule has 1 aliphatic carbocycles. The van der Waals surface area contributed by atoms with Gasteiger partial charge in [-0.05, 0) is 31.0 Å². The Morgan fingerprint density at radius 3 is 2.76 bits per heavy atom. The smallest absolute Gasteiger partial charge is 0.127 e. The van der Waals surface area contributed by atoms with Gasteiger partial charge in [0, 0.05) is 35.0 Å². The van der Waals surface area contributed by atoms with E-state index < -0.39 is 0 Å². The van der Waals surface area contributed by atoms with Gasteiger partial charge in [-0.25, -0.2) is 4.39 Å². The van der Waals surface area contributed by atoms with Gasteiger partial charge in [-0.3, -0.25) is 4.90 Å². The normalized spacial score (nSPS) is 16.2. The summed E-state index contributed by atoms with van der Waals surface area (Å²) in [6.45, 7) is 1.61. The third-order valence-electron chi connectivity index (χ3n) is 3.34. The topological polar surface area (TPSA) is 3.24 Å². The zero-order valence-corrected chi connectivity index (χ0v) is 12.0. The van der Waals surface area contributed by atoms with Crippen LogP contribution in [0.3, 0.4) is 0 Å². The third kappa shape index (κ3) is 3.43. The van der Waals surface area contributed by atoms with Crippen molar-refractivity contribution < 1.29 is 4.39 Å². The molecule has 1 fully saturated rings. The van der Waals surface area contributed by atoms with E-state index in [1.807, 2.05) is 0 Å². The first-order chi connectivity index (χ1) is 8.20. The fraction of sp³-hybridized carbons (Fsp3) is 0.538. The number of nitrogens with zero attached hydrogens (tertiary/aromatic N) is 1. The van der Waals surface area contributed by atoms with Gasteiger partial charge >= 0.3 is 0 Å². The predicted octanol–water partition coefficient (Wildman–Crippen LogP) is 4.23. The SMILES string of the molecule is Fc1ccc(Cl)cc1CN(CCBr)C1CCC1. The Labute approximate surface area is 115 Å². The summed E-state index contributed by atoms with van der Waals surface area (Å²) >= 11 is 9.37. The lowest BCUT2D eigenvalue weighted by Gasteiger charge is -2.37. The van der Waals surface area contributed by atoms with Gasteiger partial charge in [0.2, 0.25) is 0 Å². The van der Waals surface area contributed by atoms with Crippen molar-refractivity contribution in [2.24, 2.45) is 0 Å². The lowest BCUT2D eigenvalue weighted by atomic mass is 9.91. The Morgan fingerprint density at radius 2 is 2.18 bits per heavy atom. The van der Waals surface area contributed by atoms with E-state index in [1.165, 1.54) is 25.3 Å². The molecule has 1 saturated carbocycles. The van der Waals surface area contributed by atoms with Crippen molar-refractivity contribution in [2.45, 2.75) is 31.8 Å². The third-order valence-corrected chi connectivity index (χ3v) is 3.93. The summed E-state index contributed by atoms with van der Waals surface area (Å²) in [5.74, 6) is -0.159. The van der Waals surface area contributed by atoms with Gasteiger partial charge in [0.25, 0.3) is 0 Å². The molecule has 2 rings (SSSR count). The van der Waals surface area contributed by atoms with Gasteiger partial charge in [-0.15, -0.1) is 0 Å². The second-order valence-electron chi connectivity index (χ2n) is 4.48. The maximum Gasteiger partial charge on any atom is 0.127 e. The molecule has 0 saturated heterocycles. The summed E-state index contributed by atoms with van der Waals surface area (Å²) in [6.07, 6.45) is 3.76. The zero-order valence-electron chi connectivity index (χ0n) is 9.63. The van der Waals surface area contributed by atoms with E-state index in [0.717, 1.165) is 11.9 Å². The van der Waals surface area contributed by atoms with Crippen molar-refractivity contribution in [1.82, 2.24) is 4.90 Å². The van der Waals surface area contributed by atoms with Crippen LogP contribution in [0.25, 0.3) is 0 Å². The molecule has 1 aromatic rings. The fourth-order valence-electron chi connectivity index (χ4n) is 2.13. The quantitative estimate of drug-likeness (QED) is 0.734. The van der Waals surface area contributed by atoms with E-state index in [-0.39, 0.29) is 5.82 Å². The monoisotopic (exact) mass is 319 g/mol. The number of benzene rings is 1. The highest BCUT2D eigenvalue weighted by molar-refractivity contribution is 9.09. The fourth-order valence-corrected chi connectivity index (χ4v) is 2.78. The molecule has 0 heterocycles. The van der Waals surface area contributed by atoms with Gasteiger partial charge in [0.15, 0.2) is 0 Å². The first-order valence-corrected chi connectivity index (χ1v) is 7.44. The molecule has 0 bridgehead atoms. The Bertz CT molecular complexity index is 382. The Balaban J connectivity index is 2.07. The summed E-state index contributed by atoms with van der Waals surface area (Å²) in [6, 6.07) is 5.39. The molecule has 0 aromatic heterocycles. The number of alkyl halides is 1. The van der Waals surface area contributed by atoms with Gasteiger partial charge in [0.05, 0.1) is 0 Å². The van der Waals surface area contributed by atoms with Crippen LogP contribution in [0.1, 0.15) is 24.8 Å². The number of rotatable bonds is 5. The van der Waals surface area contributed by atoms with Crippen LogP contribution in [0.15, 0.2) is 18.2 Å². The molecule has 0 aliphatic heterocycles. The lowest BCUT2D eigenvalue weighted by molar-refractivity contribution is 0.127. The highest BCUT2D eigenvalue weighted by atomic mass is 79.9. The standard InChI is InChI=1S/C13H16BrClFN/c14-6-7-17(12-2-1-3-12)9-10-8-11(15)4-5-13(10)16/h4-5,8,12H,1-3,6-7,9H2. The minimum absolute atomic E-state index is 0.159. The van der Waals surface area contributed by atoms with E-state index in [0.29, 0.717) is 23.2 Å². The van der Waals surface area contributed by atoms with Crippen LogP contribution in [-0.4, -0.2) is 22.8 Å². The Morgan fingerprint density at radius 1 is 1.41 bits per heavy atom. The van der Waals surface area contributed by atoms with Crippen molar-refractivity contribution in [3.8, 4) is 0 Å². The Kier molecular flexibility index (Phi) is 4.83. The van der Waals surface area contributed by atoms with Crippen molar-refractivity contribution in [1.29, 1.82) is 0 Å². The molecule has 0 atom stereocenters. The maximum absolute atomic E-state index is 13.7. The molecule has 0 amide bonds. The van der Waals surface area contributed by atoms with E-state index in [9.17, 15) is 4.39 Å². The second-order valence-corrected chi connectivity index (χ2v) is 5.71. The molecule has 0 spiro atoms. The summed E-state index contributed by atoms with van der Waals surface area (Å²) in [5.41, 5.74) is 0.699. The number of hydrogen-bond acceptors (Lipinski definition) is 1. The summed E-state index contributed by atoms with van der Waals surface area (Å²) < 4.78 is 13.7. The van der Waals surface area contributed by atoms with Crippen LogP contribution in [0, 0.1) is 5.82 Å². The van der Waals surface area contributed by atoms with Crippen LogP contribution in [0.5, 0.6) is 0 Å². The van der Waals surface area contributed by atoms with Crippen molar-refractivity contribution in [3.05, 3.63) is 34.6 Å². The molecular formula is C13H16BrClFN. The molecule has 0 N–H and O–H groups in total. The zero-order chi connectivity index (χ0) is 12.3. The minimum Gasteiger partial charge on any atom is -0.295 e. The highest BCUT2D eigenvalue weighted by Gasteiger charge is 2.25. The van der Waals surface area contributed by atoms with E-state index in [2.05, 4.69) is 20.8 Å². The van der Waals surface area contributed by atoms with Gasteiger partial charge in [-0.1, -0.05) is 34.0 Å². The van der Waals surface area contributed by atoms with E-state index in [4.69, 9.17) is 11.6 Å². The first kappa shape index (κ1) is 13.3. The maximum atomic E-state index is 13.7. The van der Waals surface area contributed by atoms with Crippen LogP contribution >= 0.6 is 27.5 Å². The number of hydrogen-bond donors (Lipinski definition) is 0. The molecule has 1 aromatic carbocycles. The molecule has 0 unspecified atom stereocenters. The molecule has 94 valence electrons. The molecule has 1 nitrogen and oxygen atoms in total. The van der Waals surface area contributed by atoms with Gasteiger partial charge in [-0.2, -0.15) is 0 Å². The number of halogens is 3. The molecule has 4 heteroatoms. The molecular weight excluding hydrogens is 305 g/mol. The average molecular weight is 321 g/mol. The van der Waals surface area contributed by atoms with E-state index >= 15 is 0 Å². The van der Waals surface area contributed by atoms with Crippen LogP contribution in [0.2, 0.25) is 5.02 Å². The largest absolute Gasteiger partial charge is 0.295 e. The van der Waals surface area contributed by atoms with Gasteiger partial charge < -0.3 is 0 Å². The van der Waals surface area contributed by atoms with Crippen LogP contribution in [-0.2, 0) is 6.54 Å². The van der Waals surface area contributed by atoms with Crippen molar-refractivity contribution >= 4 is 27.5 Å². The van der Waals surface area contributed by atoms with Crippen molar-refractivity contribution in [3.63, 3.8) is 0 Å².